The lowest BCUT2D eigenvalue weighted by molar-refractivity contribution is 0.0601. The van der Waals surface area contributed by atoms with Crippen LogP contribution in [0.2, 0.25) is 0 Å². The Balaban J connectivity index is 2.26. The van der Waals surface area contributed by atoms with E-state index >= 15 is 0 Å². The van der Waals surface area contributed by atoms with Gasteiger partial charge >= 0.3 is 5.97 Å². The summed E-state index contributed by atoms with van der Waals surface area (Å²) in [6, 6.07) is 3.43. The monoisotopic (exact) mass is 291 g/mol. The summed E-state index contributed by atoms with van der Waals surface area (Å²) < 4.78 is 4.76. The maximum atomic E-state index is 11.7. The minimum Gasteiger partial charge on any atom is -0.465 e. The Labute approximate surface area is 122 Å². The van der Waals surface area contributed by atoms with Gasteiger partial charge in [-0.15, -0.1) is 11.3 Å². The van der Waals surface area contributed by atoms with Gasteiger partial charge in [-0.3, -0.25) is 0 Å². The number of nitrogens with zero attached hydrogens (tertiary/aromatic N) is 2. The Hall–Kier alpha value is -1.95. The number of thiazole rings is 1. The highest BCUT2D eigenvalue weighted by Gasteiger charge is 2.17. The number of aromatic nitrogens is 2. The van der Waals surface area contributed by atoms with Gasteiger partial charge in [0.25, 0.3) is 0 Å². The lowest BCUT2D eigenvalue weighted by Crippen LogP contribution is -2.13. The molecule has 2 aromatic heterocycles. The van der Waals surface area contributed by atoms with Crippen molar-refractivity contribution in [3.63, 3.8) is 0 Å². The van der Waals surface area contributed by atoms with Crippen molar-refractivity contribution in [3.8, 4) is 0 Å². The van der Waals surface area contributed by atoms with Crippen molar-refractivity contribution in [2.75, 3.05) is 12.4 Å². The number of ether oxygens (including phenoxy) is 1. The molecule has 106 valence electrons. The predicted molar refractivity (Wildman–Crippen MR) is 79.2 cm³/mol. The SMILES string of the molecule is COC(=O)c1cccnc1NC(C)c1sc(C)nc1C. The normalized spacial score (nSPS) is 12.0. The Bertz CT molecular complexity index is 625. The quantitative estimate of drug-likeness (QED) is 0.877. The first kappa shape index (κ1) is 14.5. The zero-order valence-corrected chi connectivity index (χ0v) is 12.7. The Morgan fingerprint density at radius 2 is 2.20 bits per heavy atom. The number of hydrogen-bond acceptors (Lipinski definition) is 6. The summed E-state index contributed by atoms with van der Waals surface area (Å²) in [7, 11) is 1.36. The van der Waals surface area contributed by atoms with Gasteiger partial charge in [0, 0.05) is 11.1 Å². The molecule has 0 bridgehead atoms. The first-order chi connectivity index (χ1) is 9.52. The van der Waals surface area contributed by atoms with Crippen molar-refractivity contribution in [1.82, 2.24) is 9.97 Å². The van der Waals surface area contributed by atoms with Crippen molar-refractivity contribution < 1.29 is 9.53 Å². The number of anilines is 1. The fourth-order valence-electron chi connectivity index (χ4n) is 2.01. The van der Waals surface area contributed by atoms with Crippen LogP contribution in [0.3, 0.4) is 0 Å². The predicted octanol–water partition coefficient (Wildman–Crippen LogP) is 3.11. The van der Waals surface area contributed by atoms with E-state index in [1.807, 2.05) is 20.8 Å². The molecule has 2 rings (SSSR count). The zero-order valence-electron chi connectivity index (χ0n) is 11.9. The molecule has 0 aliphatic heterocycles. The lowest BCUT2D eigenvalue weighted by atomic mass is 10.2. The molecule has 0 aliphatic rings. The van der Waals surface area contributed by atoms with Gasteiger partial charge in [0.15, 0.2) is 0 Å². The molecular formula is C14H17N3O2S. The van der Waals surface area contributed by atoms with Gasteiger partial charge in [-0.05, 0) is 32.9 Å². The van der Waals surface area contributed by atoms with Crippen molar-refractivity contribution in [3.05, 3.63) is 39.5 Å². The topological polar surface area (TPSA) is 64.1 Å². The van der Waals surface area contributed by atoms with Gasteiger partial charge in [-0.25, -0.2) is 14.8 Å². The number of pyridine rings is 1. The van der Waals surface area contributed by atoms with Gasteiger partial charge in [-0.1, -0.05) is 0 Å². The highest BCUT2D eigenvalue weighted by atomic mass is 32.1. The molecule has 0 aliphatic carbocycles. The van der Waals surface area contributed by atoms with Crippen molar-refractivity contribution in [1.29, 1.82) is 0 Å². The van der Waals surface area contributed by atoms with E-state index < -0.39 is 5.97 Å². The molecule has 0 spiro atoms. The molecule has 1 unspecified atom stereocenters. The molecular weight excluding hydrogens is 274 g/mol. The molecule has 0 saturated heterocycles. The summed E-state index contributed by atoms with van der Waals surface area (Å²) in [5.41, 5.74) is 1.43. The first-order valence-corrected chi connectivity index (χ1v) is 7.08. The summed E-state index contributed by atoms with van der Waals surface area (Å²) >= 11 is 1.64. The second-order valence-electron chi connectivity index (χ2n) is 4.44. The smallest absolute Gasteiger partial charge is 0.341 e. The van der Waals surface area contributed by atoms with Gasteiger partial charge in [0.05, 0.1) is 23.9 Å². The summed E-state index contributed by atoms with van der Waals surface area (Å²) in [5, 5.41) is 4.28. The summed E-state index contributed by atoms with van der Waals surface area (Å²) in [6.07, 6.45) is 1.65. The van der Waals surface area contributed by atoms with Crippen LogP contribution in [0.4, 0.5) is 5.82 Å². The van der Waals surface area contributed by atoms with E-state index in [0.29, 0.717) is 11.4 Å². The van der Waals surface area contributed by atoms with Crippen LogP contribution in [0.5, 0.6) is 0 Å². The third-order valence-corrected chi connectivity index (χ3v) is 4.15. The molecule has 1 atom stereocenters. The van der Waals surface area contributed by atoms with E-state index in [2.05, 4.69) is 15.3 Å². The number of nitrogens with one attached hydrogen (secondary N) is 1. The lowest BCUT2D eigenvalue weighted by Gasteiger charge is -2.15. The van der Waals surface area contributed by atoms with Crippen LogP contribution in [0, 0.1) is 13.8 Å². The van der Waals surface area contributed by atoms with Gasteiger partial charge in [0.1, 0.15) is 11.4 Å². The fourth-order valence-corrected chi connectivity index (χ4v) is 2.94. The van der Waals surface area contributed by atoms with Crippen LogP contribution in [0.25, 0.3) is 0 Å². The third-order valence-electron chi connectivity index (χ3n) is 2.90. The Morgan fingerprint density at radius 1 is 1.45 bits per heavy atom. The molecule has 5 nitrogen and oxygen atoms in total. The highest BCUT2D eigenvalue weighted by Crippen LogP contribution is 2.28. The van der Waals surface area contributed by atoms with Crippen molar-refractivity contribution in [2.24, 2.45) is 0 Å². The van der Waals surface area contributed by atoms with E-state index in [0.717, 1.165) is 15.6 Å². The molecule has 0 radical (unpaired) electrons. The number of rotatable bonds is 4. The fraction of sp³-hybridized carbons (Fsp3) is 0.357. The zero-order chi connectivity index (χ0) is 14.7. The van der Waals surface area contributed by atoms with E-state index in [1.165, 1.54) is 7.11 Å². The number of aryl methyl sites for hydroxylation is 2. The average Bonchev–Trinajstić information content (AvgIpc) is 2.77. The van der Waals surface area contributed by atoms with E-state index in [9.17, 15) is 4.79 Å². The van der Waals surface area contributed by atoms with Gasteiger partial charge < -0.3 is 10.1 Å². The minimum absolute atomic E-state index is 0.0273. The van der Waals surface area contributed by atoms with Crippen LogP contribution in [0.1, 0.15) is 38.9 Å². The summed E-state index contributed by atoms with van der Waals surface area (Å²) in [6.45, 7) is 5.99. The molecule has 0 saturated carbocycles. The Kier molecular flexibility index (Phi) is 4.34. The molecule has 20 heavy (non-hydrogen) atoms. The van der Waals surface area contributed by atoms with Crippen molar-refractivity contribution in [2.45, 2.75) is 26.8 Å². The van der Waals surface area contributed by atoms with Crippen LogP contribution >= 0.6 is 11.3 Å². The summed E-state index contributed by atoms with van der Waals surface area (Å²) in [4.78, 5) is 21.5. The second kappa shape index (κ2) is 6.00. The van der Waals surface area contributed by atoms with Crippen LogP contribution in [0.15, 0.2) is 18.3 Å². The van der Waals surface area contributed by atoms with E-state index in [-0.39, 0.29) is 6.04 Å². The number of hydrogen-bond donors (Lipinski definition) is 1. The maximum absolute atomic E-state index is 11.7. The number of carbonyl (C=O) groups excluding carboxylic acids is 1. The first-order valence-electron chi connectivity index (χ1n) is 6.26. The molecule has 0 amide bonds. The van der Waals surface area contributed by atoms with E-state index in [1.54, 1.807) is 29.7 Å². The molecule has 6 heteroatoms. The number of carbonyl (C=O) groups is 1. The third kappa shape index (κ3) is 2.96. The minimum atomic E-state index is -0.398. The standard InChI is InChI=1S/C14H17N3O2S/c1-8-12(20-10(3)16-8)9(2)17-13-11(14(18)19-4)6-5-7-15-13/h5-7,9H,1-4H3,(H,15,17). The van der Waals surface area contributed by atoms with Crippen LogP contribution in [-0.2, 0) is 4.74 Å². The molecule has 0 aromatic carbocycles. The van der Waals surface area contributed by atoms with Gasteiger partial charge in [0.2, 0.25) is 0 Å². The molecule has 2 aromatic rings. The number of methoxy groups -OCH3 is 1. The Morgan fingerprint density at radius 3 is 2.80 bits per heavy atom. The number of esters is 1. The molecule has 1 N–H and O–H groups in total. The van der Waals surface area contributed by atoms with Crippen molar-refractivity contribution >= 4 is 23.1 Å². The van der Waals surface area contributed by atoms with E-state index in [4.69, 9.17) is 4.74 Å². The highest BCUT2D eigenvalue weighted by molar-refractivity contribution is 7.11. The average molecular weight is 291 g/mol. The summed E-state index contributed by atoms with van der Waals surface area (Å²) in [5.74, 6) is 0.127. The molecule has 0 fully saturated rings. The molecule has 2 heterocycles. The maximum Gasteiger partial charge on any atom is 0.341 e. The second-order valence-corrected chi connectivity index (χ2v) is 5.67. The van der Waals surface area contributed by atoms with Crippen LogP contribution < -0.4 is 5.32 Å². The van der Waals surface area contributed by atoms with Gasteiger partial charge in [-0.2, -0.15) is 0 Å². The van der Waals surface area contributed by atoms with Crippen LogP contribution in [-0.4, -0.2) is 23.0 Å². The largest absolute Gasteiger partial charge is 0.465 e.